The number of carbonyl (C=O) groups excluding carboxylic acids is 1. The minimum atomic E-state index is -4.06. The number of hydrogen-bond donors (Lipinski definition) is 4. The average Bonchev–Trinajstić information content (AvgIpc) is 3.36. The molecule has 0 aliphatic carbocycles. The van der Waals surface area contributed by atoms with E-state index in [-0.39, 0.29) is 50.3 Å². The van der Waals surface area contributed by atoms with Crippen LogP contribution < -0.4 is 25.3 Å². The molecule has 0 saturated heterocycles. The van der Waals surface area contributed by atoms with Crippen LogP contribution in [0.1, 0.15) is 25.8 Å². The number of aliphatic hydroxyl groups excluding tert-OH is 1. The Hall–Kier alpha value is -3.75. The lowest BCUT2D eigenvalue weighted by atomic mass is 10.0. The number of hydrogen-bond acceptors (Lipinski definition) is 9. The molecule has 1 aliphatic rings. The topological polar surface area (TPSA) is 187 Å². The van der Waals surface area contributed by atoms with Crippen LogP contribution in [-0.2, 0) is 21.2 Å². The van der Waals surface area contributed by atoms with Crippen LogP contribution in [0.5, 0.6) is 17.2 Å². The number of fused-ring (bicyclic) bond motifs is 1. The molecule has 40 heavy (non-hydrogen) atoms. The molecule has 14 heteroatoms. The number of aliphatic hydroxyl groups is 1. The largest absolute Gasteiger partial charge is 0.493 e. The van der Waals surface area contributed by atoms with E-state index in [9.17, 15) is 28.2 Å². The minimum Gasteiger partial charge on any atom is -0.493 e. The van der Waals surface area contributed by atoms with Crippen molar-refractivity contribution in [1.29, 1.82) is 0 Å². The molecule has 0 bridgehead atoms. The Morgan fingerprint density at radius 1 is 1.07 bits per heavy atom. The fourth-order valence-corrected chi connectivity index (χ4v) is 5.68. The van der Waals surface area contributed by atoms with Crippen LogP contribution in [0.25, 0.3) is 0 Å². The van der Waals surface area contributed by atoms with Crippen LogP contribution in [0, 0.1) is 5.92 Å². The van der Waals surface area contributed by atoms with Crippen LogP contribution >= 0.6 is 0 Å². The first-order valence-electron chi connectivity index (χ1n) is 12.7. The summed E-state index contributed by atoms with van der Waals surface area (Å²) in [6.07, 6.45) is -3.02. The molecule has 13 nitrogen and oxygen atoms in total. The van der Waals surface area contributed by atoms with E-state index in [0.717, 1.165) is 4.31 Å². The summed E-state index contributed by atoms with van der Waals surface area (Å²) >= 11 is 0. The maximum atomic E-state index is 13.5. The molecule has 0 spiro atoms. The zero-order valence-electron chi connectivity index (χ0n) is 22.3. The number of primary amides is 1. The molecule has 3 rings (SSSR count). The summed E-state index contributed by atoms with van der Waals surface area (Å²) in [5, 5.41) is 22.8. The Labute approximate surface area is 232 Å². The van der Waals surface area contributed by atoms with Gasteiger partial charge in [0.2, 0.25) is 16.8 Å². The third-order valence-electron chi connectivity index (χ3n) is 5.90. The smallest absolute Gasteiger partial charge is 0.404 e. The number of carbonyl (C=O) groups is 2. The normalized spacial score (nSPS) is 14.1. The molecule has 0 radical (unpaired) electrons. The first kappa shape index (κ1) is 30.8. The Kier molecular flexibility index (Phi) is 10.8. The van der Waals surface area contributed by atoms with E-state index in [1.165, 1.54) is 18.2 Å². The molecular weight excluding hydrogens is 546 g/mol. The van der Waals surface area contributed by atoms with Gasteiger partial charge in [-0.05, 0) is 42.2 Å². The summed E-state index contributed by atoms with van der Waals surface area (Å²) in [4.78, 5) is 22.1. The SMILES string of the molecule is CC(C)CN(C[C@@H](O)[C@H](Cc1ccc(OCCCOC(N)=O)cc1)NC(=O)O)S(=O)(=O)c1ccc2c(c1)OCO2. The molecule has 2 amide bonds. The van der Waals surface area contributed by atoms with Gasteiger partial charge in [-0.25, -0.2) is 18.0 Å². The van der Waals surface area contributed by atoms with E-state index < -0.39 is 34.4 Å². The van der Waals surface area contributed by atoms with Crippen molar-refractivity contribution >= 4 is 22.2 Å². The van der Waals surface area contributed by atoms with Gasteiger partial charge >= 0.3 is 12.2 Å². The van der Waals surface area contributed by atoms with Gasteiger partial charge in [-0.1, -0.05) is 26.0 Å². The molecule has 2 aromatic rings. The predicted octanol–water partition coefficient (Wildman–Crippen LogP) is 2.17. The minimum absolute atomic E-state index is 0.00514. The van der Waals surface area contributed by atoms with E-state index in [4.69, 9.17) is 19.9 Å². The standard InChI is InChI=1S/C26H35N3O10S/c1-17(2)14-29(40(34,35)20-8-9-23-24(13-20)39-16-38-23)15-22(30)21(28-26(32)33)12-18-4-6-19(7-5-18)36-10-3-11-37-25(27)31/h4-9,13,17,21-22,28,30H,3,10-12,14-16H2,1-2H3,(H2,27,31)(H,32,33)/t21-,22+/m0/s1. The van der Waals surface area contributed by atoms with E-state index in [2.05, 4.69) is 10.1 Å². The van der Waals surface area contributed by atoms with Gasteiger partial charge in [-0.15, -0.1) is 0 Å². The van der Waals surface area contributed by atoms with Gasteiger partial charge in [-0.3, -0.25) is 0 Å². The first-order chi connectivity index (χ1) is 19.0. The van der Waals surface area contributed by atoms with Gasteiger partial charge in [0, 0.05) is 25.6 Å². The summed E-state index contributed by atoms with van der Waals surface area (Å²) in [5.41, 5.74) is 5.59. The number of amides is 2. The van der Waals surface area contributed by atoms with Gasteiger partial charge in [0.1, 0.15) is 5.75 Å². The number of benzene rings is 2. The Bertz CT molecular complexity index is 1250. The third kappa shape index (κ3) is 8.89. The predicted molar refractivity (Wildman–Crippen MR) is 143 cm³/mol. The number of rotatable bonds is 15. The Morgan fingerprint density at radius 2 is 1.77 bits per heavy atom. The van der Waals surface area contributed by atoms with Crippen LogP contribution in [0.3, 0.4) is 0 Å². The number of carboxylic acid groups (broad SMARTS) is 1. The third-order valence-corrected chi connectivity index (χ3v) is 7.72. The van der Waals surface area contributed by atoms with Crippen molar-refractivity contribution in [2.75, 3.05) is 33.1 Å². The van der Waals surface area contributed by atoms with Gasteiger partial charge in [-0.2, -0.15) is 4.31 Å². The number of sulfonamides is 1. The van der Waals surface area contributed by atoms with Crippen molar-refractivity contribution in [1.82, 2.24) is 9.62 Å². The molecule has 2 aromatic carbocycles. The van der Waals surface area contributed by atoms with E-state index in [1.807, 2.05) is 13.8 Å². The molecule has 5 N–H and O–H groups in total. The highest BCUT2D eigenvalue weighted by molar-refractivity contribution is 7.89. The molecule has 1 aliphatic heterocycles. The fraction of sp³-hybridized carbons (Fsp3) is 0.462. The van der Waals surface area contributed by atoms with Crippen molar-refractivity contribution in [3.63, 3.8) is 0 Å². The molecule has 1 heterocycles. The second-order valence-corrected chi connectivity index (χ2v) is 11.5. The van der Waals surface area contributed by atoms with E-state index >= 15 is 0 Å². The summed E-state index contributed by atoms with van der Waals surface area (Å²) in [6, 6.07) is 10.1. The summed E-state index contributed by atoms with van der Waals surface area (Å²) in [6.45, 7) is 3.86. The van der Waals surface area contributed by atoms with Gasteiger partial charge < -0.3 is 40.2 Å². The van der Waals surface area contributed by atoms with Crippen LogP contribution in [0.2, 0.25) is 0 Å². The van der Waals surface area contributed by atoms with Crippen molar-refractivity contribution < 1.29 is 47.2 Å². The maximum absolute atomic E-state index is 13.5. The lowest BCUT2D eigenvalue weighted by Crippen LogP contribution is -2.50. The number of nitrogens with two attached hydrogens (primary N) is 1. The Morgan fingerprint density at radius 3 is 2.42 bits per heavy atom. The molecule has 0 unspecified atom stereocenters. The van der Waals surface area contributed by atoms with Crippen LogP contribution in [0.4, 0.5) is 9.59 Å². The molecular formula is C26H35N3O10S. The first-order valence-corrected chi connectivity index (χ1v) is 14.1. The van der Waals surface area contributed by atoms with Crippen molar-refractivity contribution in [2.45, 2.75) is 43.7 Å². The average molecular weight is 582 g/mol. The van der Waals surface area contributed by atoms with Crippen LogP contribution in [-0.4, -0.2) is 80.4 Å². The molecule has 0 fully saturated rings. The van der Waals surface area contributed by atoms with E-state index in [1.54, 1.807) is 24.3 Å². The molecule has 2 atom stereocenters. The van der Waals surface area contributed by atoms with Gasteiger partial charge in [0.25, 0.3) is 0 Å². The monoisotopic (exact) mass is 581 g/mol. The molecule has 220 valence electrons. The number of nitrogens with zero attached hydrogens (tertiary/aromatic N) is 1. The second-order valence-electron chi connectivity index (χ2n) is 9.57. The van der Waals surface area contributed by atoms with Crippen molar-refractivity contribution in [3.05, 3.63) is 48.0 Å². The van der Waals surface area contributed by atoms with Crippen molar-refractivity contribution in [3.8, 4) is 17.2 Å². The fourth-order valence-electron chi connectivity index (χ4n) is 4.04. The highest BCUT2D eigenvalue weighted by Crippen LogP contribution is 2.35. The summed E-state index contributed by atoms with van der Waals surface area (Å²) < 4.78 is 49.0. The zero-order chi connectivity index (χ0) is 29.3. The van der Waals surface area contributed by atoms with Gasteiger partial charge in [0.15, 0.2) is 11.5 Å². The highest BCUT2D eigenvalue weighted by atomic mass is 32.2. The zero-order valence-corrected chi connectivity index (χ0v) is 23.1. The molecule has 0 saturated carbocycles. The maximum Gasteiger partial charge on any atom is 0.404 e. The quantitative estimate of drug-likeness (QED) is 0.227. The summed E-state index contributed by atoms with van der Waals surface area (Å²) in [5.74, 6) is 1.22. The van der Waals surface area contributed by atoms with Gasteiger partial charge in [0.05, 0.1) is 30.3 Å². The summed E-state index contributed by atoms with van der Waals surface area (Å²) in [7, 11) is -4.06. The number of ether oxygens (including phenoxy) is 4. The van der Waals surface area contributed by atoms with E-state index in [0.29, 0.717) is 29.2 Å². The highest BCUT2D eigenvalue weighted by Gasteiger charge is 2.32. The lowest BCUT2D eigenvalue weighted by Gasteiger charge is -2.30. The second kappa shape index (κ2) is 14.1. The lowest BCUT2D eigenvalue weighted by molar-refractivity contribution is 0.0980. The number of nitrogens with one attached hydrogen (secondary N) is 1. The Balaban J connectivity index is 1.70. The molecule has 0 aromatic heterocycles. The van der Waals surface area contributed by atoms with Crippen molar-refractivity contribution in [2.24, 2.45) is 11.7 Å². The van der Waals surface area contributed by atoms with Crippen LogP contribution in [0.15, 0.2) is 47.4 Å².